The van der Waals surface area contributed by atoms with Crippen molar-refractivity contribution in [3.05, 3.63) is 46.7 Å². The Kier molecular flexibility index (Phi) is 4.96. The Labute approximate surface area is 150 Å². The van der Waals surface area contributed by atoms with Crippen molar-refractivity contribution in [2.75, 3.05) is 11.4 Å². The van der Waals surface area contributed by atoms with E-state index < -0.39 is 0 Å². The summed E-state index contributed by atoms with van der Waals surface area (Å²) < 4.78 is -0.185. The first-order valence-electron chi connectivity index (χ1n) is 7.82. The number of hydrogen-bond acceptors (Lipinski definition) is 4. The second kappa shape index (κ2) is 6.99. The predicted octanol–water partition coefficient (Wildman–Crippen LogP) is 3.67. The van der Waals surface area contributed by atoms with Crippen LogP contribution in [0.15, 0.2) is 46.7 Å². The van der Waals surface area contributed by atoms with E-state index in [9.17, 15) is 9.59 Å². The van der Waals surface area contributed by atoms with Gasteiger partial charge in [-0.1, -0.05) is 18.2 Å². The van der Waals surface area contributed by atoms with Gasteiger partial charge in [-0.05, 0) is 37.4 Å². The lowest BCUT2D eigenvalue weighted by Crippen LogP contribution is -2.41. The van der Waals surface area contributed by atoms with Gasteiger partial charge < -0.3 is 10.2 Å². The molecule has 4 nitrogen and oxygen atoms in total. The lowest BCUT2D eigenvalue weighted by atomic mass is 10.1. The zero-order valence-corrected chi connectivity index (χ0v) is 15.4. The van der Waals surface area contributed by atoms with Crippen LogP contribution in [-0.4, -0.2) is 23.1 Å². The third-order valence-corrected chi connectivity index (χ3v) is 5.90. The number of thiophene rings is 1. The maximum absolute atomic E-state index is 12.7. The van der Waals surface area contributed by atoms with Crippen molar-refractivity contribution in [1.82, 2.24) is 5.32 Å². The number of anilines is 1. The van der Waals surface area contributed by atoms with E-state index in [0.29, 0.717) is 13.0 Å². The fourth-order valence-electron chi connectivity index (χ4n) is 2.67. The van der Waals surface area contributed by atoms with Crippen molar-refractivity contribution in [1.29, 1.82) is 0 Å². The molecule has 0 spiro atoms. The third kappa shape index (κ3) is 3.99. The van der Waals surface area contributed by atoms with Crippen LogP contribution in [0.4, 0.5) is 5.69 Å². The van der Waals surface area contributed by atoms with Crippen molar-refractivity contribution in [2.24, 2.45) is 0 Å². The van der Waals surface area contributed by atoms with E-state index in [-0.39, 0.29) is 23.1 Å². The van der Waals surface area contributed by atoms with E-state index in [4.69, 9.17) is 0 Å². The van der Waals surface area contributed by atoms with Crippen LogP contribution in [0.5, 0.6) is 0 Å². The molecule has 0 saturated heterocycles. The van der Waals surface area contributed by atoms with Crippen LogP contribution in [0.1, 0.15) is 25.1 Å². The molecule has 2 amide bonds. The van der Waals surface area contributed by atoms with Gasteiger partial charge in [-0.25, -0.2) is 0 Å². The molecule has 1 aliphatic rings. The maximum Gasteiger partial charge on any atom is 0.240 e. The SMILES string of the molecule is CC1(C)CC(=O)N(CC(=O)NCc2cccs2)c2ccccc2S1. The van der Waals surface area contributed by atoms with E-state index in [0.717, 1.165) is 15.5 Å². The van der Waals surface area contributed by atoms with Gasteiger partial charge >= 0.3 is 0 Å². The standard InChI is InChI=1S/C18H20N2O2S2/c1-18(2)10-17(22)20(14-7-3-4-8-15(14)24-18)12-16(21)19-11-13-6-5-9-23-13/h3-9H,10-12H2,1-2H3,(H,19,21). The normalized spacial score (nSPS) is 16.4. The third-order valence-electron chi connectivity index (χ3n) is 3.76. The van der Waals surface area contributed by atoms with E-state index in [1.54, 1.807) is 28.0 Å². The average Bonchev–Trinajstić information content (AvgIpc) is 3.00. The second-order valence-corrected chi connectivity index (χ2v) is 9.12. The minimum Gasteiger partial charge on any atom is -0.350 e. The maximum atomic E-state index is 12.7. The van der Waals surface area contributed by atoms with E-state index in [2.05, 4.69) is 19.2 Å². The van der Waals surface area contributed by atoms with Crippen LogP contribution in [0.25, 0.3) is 0 Å². The Balaban J connectivity index is 1.76. The van der Waals surface area contributed by atoms with E-state index >= 15 is 0 Å². The van der Waals surface area contributed by atoms with Crippen molar-refractivity contribution in [3.8, 4) is 0 Å². The van der Waals surface area contributed by atoms with E-state index in [1.807, 2.05) is 41.8 Å². The van der Waals surface area contributed by atoms with Gasteiger partial charge in [-0.2, -0.15) is 0 Å². The lowest BCUT2D eigenvalue weighted by Gasteiger charge is -2.22. The van der Waals surface area contributed by atoms with Gasteiger partial charge in [0.2, 0.25) is 11.8 Å². The van der Waals surface area contributed by atoms with Gasteiger partial charge in [0.1, 0.15) is 6.54 Å². The summed E-state index contributed by atoms with van der Waals surface area (Å²) >= 11 is 3.29. The molecule has 6 heteroatoms. The molecule has 1 aliphatic heterocycles. The Morgan fingerprint density at radius 2 is 2.04 bits per heavy atom. The van der Waals surface area contributed by atoms with Crippen LogP contribution < -0.4 is 10.2 Å². The summed E-state index contributed by atoms with van der Waals surface area (Å²) in [4.78, 5) is 28.8. The Morgan fingerprint density at radius 1 is 1.25 bits per heavy atom. The molecule has 1 aromatic carbocycles. The number of nitrogens with one attached hydrogen (secondary N) is 1. The number of fused-ring (bicyclic) bond motifs is 1. The van der Waals surface area contributed by atoms with Crippen LogP contribution >= 0.6 is 23.1 Å². The Bertz CT molecular complexity index is 741. The van der Waals surface area contributed by atoms with E-state index in [1.165, 1.54) is 0 Å². The number of thioether (sulfide) groups is 1. The van der Waals surface area contributed by atoms with Crippen molar-refractivity contribution < 1.29 is 9.59 Å². The van der Waals surface area contributed by atoms with Crippen molar-refractivity contribution in [2.45, 2.75) is 36.5 Å². The first-order valence-corrected chi connectivity index (χ1v) is 9.52. The molecule has 3 rings (SSSR count). The number of amides is 2. The molecule has 0 aliphatic carbocycles. The first-order chi connectivity index (χ1) is 11.4. The molecule has 0 unspecified atom stereocenters. The number of carbonyl (C=O) groups is 2. The lowest BCUT2D eigenvalue weighted by molar-refractivity contribution is -0.124. The van der Waals surface area contributed by atoms with Crippen LogP contribution in [0, 0.1) is 0 Å². The summed E-state index contributed by atoms with van der Waals surface area (Å²) in [5.41, 5.74) is 0.823. The van der Waals surface area contributed by atoms with Crippen molar-refractivity contribution in [3.63, 3.8) is 0 Å². The quantitative estimate of drug-likeness (QED) is 0.905. The zero-order valence-electron chi connectivity index (χ0n) is 13.7. The highest BCUT2D eigenvalue weighted by molar-refractivity contribution is 8.00. The molecule has 0 atom stereocenters. The molecule has 0 bridgehead atoms. The molecule has 0 fully saturated rings. The number of nitrogens with zero attached hydrogens (tertiary/aromatic N) is 1. The smallest absolute Gasteiger partial charge is 0.240 e. The molecule has 0 radical (unpaired) electrons. The number of para-hydroxylation sites is 1. The predicted molar refractivity (Wildman–Crippen MR) is 99.5 cm³/mol. The van der Waals surface area contributed by atoms with Gasteiger partial charge in [-0.3, -0.25) is 9.59 Å². The molecule has 1 N–H and O–H groups in total. The Hall–Kier alpha value is -1.79. The summed E-state index contributed by atoms with van der Waals surface area (Å²) in [5.74, 6) is -0.153. The molecule has 24 heavy (non-hydrogen) atoms. The van der Waals surface area contributed by atoms with Crippen LogP contribution in [0.2, 0.25) is 0 Å². The van der Waals surface area contributed by atoms with Gasteiger partial charge in [0.15, 0.2) is 0 Å². The topological polar surface area (TPSA) is 49.4 Å². The highest BCUT2D eigenvalue weighted by Gasteiger charge is 2.33. The van der Waals surface area contributed by atoms with Crippen LogP contribution in [-0.2, 0) is 16.1 Å². The molecule has 2 aromatic rings. The fourth-order valence-corrected chi connectivity index (χ4v) is 4.53. The summed E-state index contributed by atoms with van der Waals surface area (Å²) in [6.07, 6.45) is 0.407. The molecule has 126 valence electrons. The number of rotatable bonds is 4. The molecular formula is C18H20N2O2S2. The summed E-state index contributed by atoms with van der Waals surface area (Å²) in [5, 5.41) is 4.88. The number of carbonyl (C=O) groups excluding carboxylic acids is 2. The Morgan fingerprint density at radius 3 is 2.79 bits per heavy atom. The van der Waals surface area contributed by atoms with Gasteiger partial charge in [-0.15, -0.1) is 23.1 Å². The minimum atomic E-state index is -0.185. The zero-order chi connectivity index (χ0) is 17.2. The largest absolute Gasteiger partial charge is 0.350 e. The van der Waals surface area contributed by atoms with Gasteiger partial charge in [0.25, 0.3) is 0 Å². The molecule has 0 saturated carbocycles. The average molecular weight is 361 g/mol. The second-order valence-electron chi connectivity index (χ2n) is 6.34. The number of benzene rings is 1. The molecule has 2 heterocycles. The summed E-state index contributed by atoms with van der Waals surface area (Å²) in [6, 6.07) is 11.7. The van der Waals surface area contributed by atoms with Gasteiger partial charge in [0, 0.05) is 20.9 Å². The highest BCUT2D eigenvalue weighted by Crippen LogP contribution is 2.43. The van der Waals surface area contributed by atoms with Crippen molar-refractivity contribution >= 4 is 40.6 Å². The van der Waals surface area contributed by atoms with Gasteiger partial charge in [0.05, 0.1) is 12.2 Å². The van der Waals surface area contributed by atoms with Crippen LogP contribution in [0.3, 0.4) is 0 Å². The highest BCUT2D eigenvalue weighted by atomic mass is 32.2. The summed E-state index contributed by atoms with van der Waals surface area (Å²) in [7, 11) is 0. The first kappa shape index (κ1) is 17.0. The fraction of sp³-hybridized carbons (Fsp3) is 0.333. The monoisotopic (exact) mass is 360 g/mol. The number of hydrogen-bond donors (Lipinski definition) is 1. The molecule has 1 aromatic heterocycles. The summed E-state index contributed by atoms with van der Waals surface area (Å²) in [6.45, 7) is 4.68. The minimum absolute atomic E-state index is 0.0104. The molecular weight excluding hydrogens is 340 g/mol.